The molecule has 5 nitrogen and oxygen atoms in total. The maximum Gasteiger partial charge on any atom is 0.205 e. The molecule has 1 spiro atoms. The van der Waals surface area contributed by atoms with Crippen LogP contribution in [-0.2, 0) is 19.2 Å². The van der Waals surface area contributed by atoms with Crippen LogP contribution in [0.4, 0.5) is 0 Å². The van der Waals surface area contributed by atoms with Gasteiger partial charge in [0.2, 0.25) is 12.1 Å². The van der Waals surface area contributed by atoms with Gasteiger partial charge in [0.1, 0.15) is 5.75 Å². The fourth-order valence-corrected chi connectivity index (χ4v) is 6.43. The Kier molecular flexibility index (Phi) is 4.24. The molecule has 160 valence electrons. The van der Waals surface area contributed by atoms with Crippen LogP contribution < -0.4 is 4.74 Å². The molecule has 0 radical (unpaired) electrons. The quantitative estimate of drug-likeness (QED) is 0.618. The molecule has 4 aliphatic heterocycles. The van der Waals surface area contributed by atoms with Crippen molar-refractivity contribution in [1.82, 2.24) is 0 Å². The van der Waals surface area contributed by atoms with Crippen molar-refractivity contribution in [3.63, 3.8) is 0 Å². The average Bonchev–Trinajstić information content (AvgIpc) is 2.98. The SMILES string of the molecule is C[C@H]1[C@@H](Oc2cccc3ccccc23)O[C@@H]2O[C@@]3(C)CC[C@H]4[C@H](C)CC[C@@H]1[C@@]24OO3. The molecule has 30 heavy (non-hydrogen) atoms. The maximum atomic E-state index is 6.56. The first-order valence-corrected chi connectivity index (χ1v) is 11.3. The summed E-state index contributed by atoms with van der Waals surface area (Å²) in [6.07, 6.45) is 3.24. The van der Waals surface area contributed by atoms with Crippen molar-refractivity contribution in [3.05, 3.63) is 42.5 Å². The lowest BCUT2D eigenvalue weighted by atomic mass is 9.58. The van der Waals surface area contributed by atoms with E-state index in [1.165, 1.54) is 6.42 Å². The molecule has 0 N–H and O–H groups in total. The summed E-state index contributed by atoms with van der Waals surface area (Å²) in [4.78, 5) is 12.1. The van der Waals surface area contributed by atoms with Gasteiger partial charge in [-0.3, -0.25) is 0 Å². The number of fused-ring (bicyclic) bond motifs is 3. The lowest BCUT2D eigenvalue weighted by Gasteiger charge is -2.60. The van der Waals surface area contributed by atoms with Gasteiger partial charge in [0.05, 0.1) is 0 Å². The predicted octanol–water partition coefficient (Wildman–Crippen LogP) is 5.43. The highest BCUT2D eigenvalue weighted by molar-refractivity contribution is 5.88. The van der Waals surface area contributed by atoms with Crippen LogP contribution in [0.25, 0.3) is 10.8 Å². The van der Waals surface area contributed by atoms with Gasteiger partial charge in [0.25, 0.3) is 0 Å². The summed E-state index contributed by atoms with van der Waals surface area (Å²) in [5.41, 5.74) is -0.550. The lowest BCUT2D eigenvalue weighted by Crippen LogP contribution is -2.70. The van der Waals surface area contributed by atoms with Crippen molar-refractivity contribution in [2.45, 2.75) is 70.4 Å². The Morgan fingerprint density at radius 2 is 1.77 bits per heavy atom. The van der Waals surface area contributed by atoms with Crippen LogP contribution in [0, 0.1) is 23.7 Å². The Bertz CT molecular complexity index is 956. The Morgan fingerprint density at radius 3 is 2.67 bits per heavy atom. The minimum atomic E-state index is -0.762. The van der Waals surface area contributed by atoms with Gasteiger partial charge < -0.3 is 14.2 Å². The molecule has 2 aromatic carbocycles. The van der Waals surface area contributed by atoms with Gasteiger partial charge in [-0.2, -0.15) is 0 Å². The average molecular weight is 411 g/mol. The summed E-state index contributed by atoms with van der Waals surface area (Å²) in [5, 5.41) is 2.26. The first kappa shape index (κ1) is 19.1. The van der Waals surface area contributed by atoms with Crippen LogP contribution >= 0.6 is 0 Å². The molecule has 5 fully saturated rings. The van der Waals surface area contributed by atoms with Crippen molar-refractivity contribution in [1.29, 1.82) is 0 Å². The van der Waals surface area contributed by atoms with Crippen LogP contribution in [0.5, 0.6) is 5.75 Å². The first-order chi connectivity index (χ1) is 14.5. The summed E-state index contributed by atoms with van der Waals surface area (Å²) < 4.78 is 19.5. The standard InChI is InChI=1S/C25H30O5/c1-15-11-12-20-16(2)22(26-21-10-6-8-17-7-4-5-9-18(17)21)27-23-25(20)19(15)13-14-24(3,28-23)29-30-25/h4-10,15-16,19-20,22-23H,11-14H2,1-3H3/t15-,16-,19+,20+,22+,23-,24-,25-/m1/s1. The highest BCUT2D eigenvalue weighted by Gasteiger charge is 2.69. The minimum Gasteiger partial charge on any atom is -0.464 e. The van der Waals surface area contributed by atoms with E-state index >= 15 is 0 Å². The molecule has 8 atom stereocenters. The molecule has 4 saturated heterocycles. The molecule has 2 aromatic rings. The largest absolute Gasteiger partial charge is 0.464 e. The zero-order chi connectivity index (χ0) is 20.5. The summed E-state index contributed by atoms with van der Waals surface area (Å²) in [6, 6.07) is 14.5. The molecule has 5 aliphatic rings. The minimum absolute atomic E-state index is 0.157. The monoisotopic (exact) mass is 410 g/mol. The number of benzene rings is 2. The summed E-state index contributed by atoms with van der Waals surface area (Å²) >= 11 is 0. The zero-order valence-electron chi connectivity index (χ0n) is 17.9. The highest BCUT2D eigenvalue weighted by atomic mass is 17.3. The smallest absolute Gasteiger partial charge is 0.205 e. The van der Waals surface area contributed by atoms with E-state index in [-0.39, 0.29) is 11.8 Å². The number of ether oxygens (including phenoxy) is 3. The highest BCUT2D eigenvalue weighted by Crippen LogP contribution is 2.60. The molecule has 7 rings (SSSR count). The molecular formula is C25H30O5. The summed E-state index contributed by atoms with van der Waals surface area (Å²) in [5.74, 6) is 1.44. The summed E-state index contributed by atoms with van der Waals surface area (Å²) in [7, 11) is 0. The van der Waals surface area contributed by atoms with Crippen LogP contribution in [-0.4, -0.2) is 24.0 Å². The van der Waals surface area contributed by atoms with Gasteiger partial charge in [0, 0.05) is 23.6 Å². The van der Waals surface area contributed by atoms with Crippen LogP contribution in [0.3, 0.4) is 0 Å². The number of hydrogen-bond acceptors (Lipinski definition) is 5. The van der Waals surface area contributed by atoms with Crippen molar-refractivity contribution in [2.75, 3.05) is 0 Å². The van der Waals surface area contributed by atoms with Gasteiger partial charge in [-0.25, -0.2) is 9.78 Å². The van der Waals surface area contributed by atoms with E-state index in [0.717, 1.165) is 35.8 Å². The second kappa shape index (κ2) is 6.67. The third kappa shape index (κ3) is 2.62. The molecule has 0 aromatic heterocycles. The van der Waals surface area contributed by atoms with E-state index in [4.69, 9.17) is 24.0 Å². The zero-order valence-corrected chi connectivity index (χ0v) is 17.9. The third-order valence-electron chi connectivity index (χ3n) is 8.09. The van der Waals surface area contributed by atoms with Gasteiger partial charge in [-0.05, 0) is 49.5 Å². The predicted molar refractivity (Wildman–Crippen MR) is 111 cm³/mol. The number of rotatable bonds is 2. The molecule has 0 unspecified atom stereocenters. The Labute approximate surface area is 177 Å². The maximum absolute atomic E-state index is 6.56. The molecule has 5 heteroatoms. The first-order valence-electron chi connectivity index (χ1n) is 11.3. The second-order valence-corrected chi connectivity index (χ2v) is 9.87. The molecule has 2 bridgehead atoms. The topological polar surface area (TPSA) is 46.2 Å². The van der Waals surface area contributed by atoms with Crippen LogP contribution in [0.1, 0.15) is 46.5 Å². The van der Waals surface area contributed by atoms with Crippen molar-refractivity contribution in [2.24, 2.45) is 23.7 Å². The fraction of sp³-hybridized carbons (Fsp3) is 0.600. The van der Waals surface area contributed by atoms with E-state index in [2.05, 4.69) is 32.0 Å². The third-order valence-corrected chi connectivity index (χ3v) is 8.09. The molecule has 1 aliphatic carbocycles. The number of hydrogen-bond donors (Lipinski definition) is 0. The van der Waals surface area contributed by atoms with E-state index in [9.17, 15) is 0 Å². The summed E-state index contributed by atoms with van der Waals surface area (Å²) in [6.45, 7) is 6.51. The van der Waals surface area contributed by atoms with Crippen LogP contribution in [0.15, 0.2) is 42.5 Å². The van der Waals surface area contributed by atoms with E-state index in [1.54, 1.807) is 0 Å². The molecular weight excluding hydrogens is 380 g/mol. The van der Waals surface area contributed by atoms with Gasteiger partial charge in [-0.1, -0.05) is 50.2 Å². The van der Waals surface area contributed by atoms with Gasteiger partial charge in [-0.15, -0.1) is 0 Å². The molecule has 4 heterocycles. The van der Waals surface area contributed by atoms with Gasteiger partial charge in [0.15, 0.2) is 11.9 Å². The second-order valence-electron chi connectivity index (χ2n) is 9.87. The molecule has 0 amide bonds. The Balaban J connectivity index is 1.38. The van der Waals surface area contributed by atoms with Crippen molar-refractivity contribution < 1.29 is 24.0 Å². The van der Waals surface area contributed by atoms with Crippen molar-refractivity contribution in [3.8, 4) is 5.75 Å². The Morgan fingerprint density at radius 1 is 0.933 bits per heavy atom. The van der Waals surface area contributed by atoms with E-state index in [0.29, 0.717) is 11.8 Å². The van der Waals surface area contributed by atoms with E-state index in [1.807, 2.05) is 31.2 Å². The normalized spacial score (nSPS) is 45.0. The van der Waals surface area contributed by atoms with Crippen molar-refractivity contribution >= 4 is 10.8 Å². The van der Waals surface area contributed by atoms with E-state index < -0.39 is 24.0 Å². The van der Waals surface area contributed by atoms with Crippen LogP contribution in [0.2, 0.25) is 0 Å². The van der Waals surface area contributed by atoms with Gasteiger partial charge >= 0.3 is 0 Å². The Hall–Kier alpha value is -1.66. The molecule has 1 saturated carbocycles. The lowest BCUT2D eigenvalue weighted by molar-refractivity contribution is -0.575. The fourth-order valence-electron chi connectivity index (χ4n) is 6.43.